The molecule has 0 fully saturated rings. The number of hydrogen-bond acceptors (Lipinski definition) is 2. The van der Waals surface area contributed by atoms with E-state index in [-0.39, 0.29) is 0 Å². The van der Waals surface area contributed by atoms with Gasteiger partial charge in [0, 0.05) is 34.5 Å². The molecule has 0 atom stereocenters. The van der Waals surface area contributed by atoms with Crippen molar-refractivity contribution in [2.45, 2.75) is 13.3 Å². The Kier molecular flexibility index (Phi) is 3.80. The summed E-state index contributed by atoms with van der Waals surface area (Å²) in [5.41, 5.74) is 11.1. The summed E-state index contributed by atoms with van der Waals surface area (Å²) in [7, 11) is 0. The van der Waals surface area contributed by atoms with Gasteiger partial charge >= 0.3 is 0 Å². The van der Waals surface area contributed by atoms with Crippen molar-refractivity contribution >= 4 is 10.9 Å². The highest BCUT2D eigenvalue weighted by Crippen LogP contribution is 2.14. The highest BCUT2D eigenvalue weighted by molar-refractivity contribution is 5.80. The summed E-state index contributed by atoms with van der Waals surface area (Å²) < 4.78 is 0. The Bertz CT molecular complexity index is 673. The maximum Gasteiger partial charge on any atom is 0.0706 e. The first kappa shape index (κ1) is 12.0. The third kappa shape index (κ3) is 3.00. The molecule has 2 aromatic rings. The molecule has 0 spiro atoms. The standard InChI is InChI=1S/C14H12N4/c1-11-5-7-13-10-12(6-8-14(13)17-11)4-2-3-9-16-18-15/h5-8,10H,3,9H2,1H3. The molecule has 0 saturated heterocycles. The first-order chi connectivity index (χ1) is 8.79. The fourth-order valence-electron chi connectivity index (χ4n) is 1.62. The van der Waals surface area contributed by atoms with E-state index in [4.69, 9.17) is 5.53 Å². The molecule has 2 rings (SSSR count). The predicted octanol–water partition coefficient (Wildman–Crippen LogP) is 3.60. The number of pyridine rings is 1. The van der Waals surface area contributed by atoms with Crippen molar-refractivity contribution in [1.82, 2.24) is 4.98 Å². The molecule has 1 aromatic heterocycles. The van der Waals surface area contributed by atoms with Crippen molar-refractivity contribution in [3.8, 4) is 11.8 Å². The molecule has 0 aliphatic carbocycles. The Hall–Kier alpha value is -2.50. The van der Waals surface area contributed by atoms with Crippen LogP contribution in [0.4, 0.5) is 0 Å². The quantitative estimate of drug-likeness (QED) is 0.258. The highest BCUT2D eigenvalue weighted by Gasteiger charge is 1.95. The maximum atomic E-state index is 8.13. The minimum Gasteiger partial charge on any atom is -0.253 e. The molecular weight excluding hydrogens is 224 g/mol. The SMILES string of the molecule is Cc1ccc2cc(C#CCCN=[N+]=[N-])ccc2n1. The van der Waals surface area contributed by atoms with Crippen molar-refractivity contribution in [3.63, 3.8) is 0 Å². The molecule has 0 radical (unpaired) electrons. The third-order valence-corrected chi connectivity index (χ3v) is 2.46. The summed E-state index contributed by atoms with van der Waals surface area (Å²) in [5, 5.41) is 4.52. The lowest BCUT2D eigenvalue weighted by Crippen LogP contribution is -1.84. The Morgan fingerprint density at radius 1 is 1.33 bits per heavy atom. The van der Waals surface area contributed by atoms with Gasteiger partial charge in [0.1, 0.15) is 0 Å². The average molecular weight is 236 g/mol. The van der Waals surface area contributed by atoms with E-state index in [1.165, 1.54) is 0 Å². The van der Waals surface area contributed by atoms with Crippen LogP contribution in [-0.2, 0) is 0 Å². The topological polar surface area (TPSA) is 61.7 Å². The van der Waals surface area contributed by atoms with Crippen molar-refractivity contribution in [1.29, 1.82) is 0 Å². The summed E-state index contributed by atoms with van der Waals surface area (Å²) in [6.07, 6.45) is 0.578. The second kappa shape index (κ2) is 5.72. The van der Waals surface area contributed by atoms with Crippen molar-refractivity contribution in [2.24, 2.45) is 5.11 Å². The van der Waals surface area contributed by atoms with E-state index in [9.17, 15) is 0 Å². The van der Waals surface area contributed by atoms with Gasteiger partial charge in [0.25, 0.3) is 0 Å². The Morgan fingerprint density at radius 2 is 2.22 bits per heavy atom. The zero-order valence-corrected chi connectivity index (χ0v) is 10.1. The van der Waals surface area contributed by atoms with E-state index in [0.717, 1.165) is 22.2 Å². The van der Waals surface area contributed by atoms with E-state index in [2.05, 4.69) is 26.9 Å². The third-order valence-electron chi connectivity index (χ3n) is 2.46. The molecule has 0 amide bonds. The van der Waals surface area contributed by atoms with Gasteiger partial charge in [-0.3, -0.25) is 4.98 Å². The molecule has 1 heterocycles. The van der Waals surface area contributed by atoms with E-state index in [0.29, 0.717) is 13.0 Å². The lowest BCUT2D eigenvalue weighted by molar-refractivity contribution is 1.01. The zero-order valence-electron chi connectivity index (χ0n) is 10.1. The lowest BCUT2D eigenvalue weighted by atomic mass is 10.1. The maximum absolute atomic E-state index is 8.13. The van der Waals surface area contributed by atoms with Gasteiger partial charge in [-0.1, -0.05) is 23.0 Å². The summed E-state index contributed by atoms with van der Waals surface area (Å²) in [4.78, 5) is 7.11. The highest BCUT2D eigenvalue weighted by atomic mass is 15.1. The number of aromatic nitrogens is 1. The summed E-state index contributed by atoms with van der Waals surface area (Å²) in [5.74, 6) is 6.03. The van der Waals surface area contributed by atoms with Crippen LogP contribution >= 0.6 is 0 Å². The Balaban J connectivity index is 2.19. The van der Waals surface area contributed by atoms with Gasteiger partial charge < -0.3 is 0 Å². The van der Waals surface area contributed by atoms with E-state index in [1.807, 2.05) is 37.3 Å². The van der Waals surface area contributed by atoms with Crippen molar-refractivity contribution in [2.75, 3.05) is 6.54 Å². The van der Waals surface area contributed by atoms with Crippen LogP contribution in [0, 0.1) is 18.8 Å². The van der Waals surface area contributed by atoms with Gasteiger partial charge in [0.05, 0.1) is 5.52 Å². The molecule has 4 heteroatoms. The number of rotatable bonds is 2. The normalized spacial score (nSPS) is 9.39. The monoisotopic (exact) mass is 236 g/mol. The van der Waals surface area contributed by atoms with Gasteiger partial charge in [-0.25, -0.2) is 0 Å². The minimum atomic E-state index is 0.415. The molecule has 0 bridgehead atoms. The number of nitrogens with zero attached hydrogens (tertiary/aromatic N) is 4. The first-order valence-electron chi connectivity index (χ1n) is 5.67. The van der Waals surface area contributed by atoms with Crippen LogP contribution in [0.3, 0.4) is 0 Å². The van der Waals surface area contributed by atoms with Crippen LogP contribution in [-0.4, -0.2) is 11.5 Å². The lowest BCUT2D eigenvalue weighted by Gasteiger charge is -1.99. The molecule has 18 heavy (non-hydrogen) atoms. The number of fused-ring (bicyclic) bond motifs is 1. The van der Waals surface area contributed by atoms with Gasteiger partial charge in [0.15, 0.2) is 0 Å². The summed E-state index contributed by atoms with van der Waals surface area (Å²) in [6, 6.07) is 9.97. The summed E-state index contributed by atoms with van der Waals surface area (Å²) >= 11 is 0. The molecule has 0 saturated carbocycles. The number of aryl methyl sites for hydroxylation is 1. The number of benzene rings is 1. The molecule has 0 aliphatic heterocycles. The van der Waals surface area contributed by atoms with E-state index < -0.39 is 0 Å². The minimum absolute atomic E-state index is 0.415. The smallest absolute Gasteiger partial charge is 0.0706 e. The summed E-state index contributed by atoms with van der Waals surface area (Å²) in [6.45, 7) is 2.39. The first-order valence-corrected chi connectivity index (χ1v) is 5.67. The van der Waals surface area contributed by atoms with Crippen LogP contribution in [0.15, 0.2) is 35.4 Å². The second-order valence-electron chi connectivity index (χ2n) is 3.87. The van der Waals surface area contributed by atoms with Crippen LogP contribution in [0.5, 0.6) is 0 Å². The van der Waals surface area contributed by atoms with Gasteiger partial charge in [-0.05, 0) is 36.7 Å². The molecule has 0 aliphatic rings. The molecule has 1 aromatic carbocycles. The fourth-order valence-corrected chi connectivity index (χ4v) is 1.62. The number of hydrogen-bond donors (Lipinski definition) is 0. The second-order valence-corrected chi connectivity index (χ2v) is 3.87. The van der Waals surface area contributed by atoms with Crippen LogP contribution in [0.2, 0.25) is 0 Å². The van der Waals surface area contributed by atoms with E-state index >= 15 is 0 Å². The Morgan fingerprint density at radius 3 is 3.06 bits per heavy atom. The van der Waals surface area contributed by atoms with Crippen LogP contribution in [0.1, 0.15) is 17.7 Å². The number of azide groups is 1. The van der Waals surface area contributed by atoms with Gasteiger partial charge in [0.2, 0.25) is 0 Å². The predicted molar refractivity (Wildman–Crippen MR) is 72.0 cm³/mol. The van der Waals surface area contributed by atoms with Crippen LogP contribution < -0.4 is 0 Å². The van der Waals surface area contributed by atoms with E-state index in [1.54, 1.807) is 0 Å². The van der Waals surface area contributed by atoms with Gasteiger partial charge in [-0.2, -0.15) is 0 Å². The average Bonchev–Trinajstić information content (AvgIpc) is 2.38. The Labute approximate surface area is 105 Å². The largest absolute Gasteiger partial charge is 0.253 e. The van der Waals surface area contributed by atoms with Gasteiger partial charge in [-0.15, -0.1) is 0 Å². The molecule has 0 unspecified atom stereocenters. The fraction of sp³-hybridized carbons (Fsp3) is 0.214. The van der Waals surface area contributed by atoms with Crippen LogP contribution in [0.25, 0.3) is 21.3 Å². The molecule has 0 N–H and O–H groups in total. The zero-order chi connectivity index (χ0) is 12.8. The molecule has 88 valence electrons. The molecule has 4 nitrogen and oxygen atoms in total. The molecular formula is C14H12N4. The van der Waals surface area contributed by atoms with Crippen molar-refractivity contribution in [3.05, 3.63) is 52.0 Å². The van der Waals surface area contributed by atoms with Crippen molar-refractivity contribution < 1.29 is 0 Å².